The number of rotatable bonds is 4. The molecule has 0 aliphatic carbocycles. The Morgan fingerprint density at radius 3 is 2.80 bits per heavy atom. The first kappa shape index (κ1) is 12.7. The first-order valence-corrected chi connectivity index (χ1v) is 7.00. The topological polar surface area (TPSA) is 42.0 Å². The van der Waals surface area contributed by atoms with E-state index < -0.39 is 0 Å². The van der Waals surface area contributed by atoms with Gasteiger partial charge in [0.15, 0.2) is 0 Å². The minimum Gasteiger partial charge on any atom is -0.326 e. The van der Waals surface area contributed by atoms with Crippen molar-refractivity contribution in [3.63, 3.8) is 0 Å². The van der Waals surface area contributed by atoms with Crippen LogP contribution in [0.3, 0.4) is 0 Å². The third-order valence-electron chi connectivity index (χ3n) is 2.90. The SMILES string of the molecule is O=Cc1cccc(NSc2cccc3cccnc23)c1. The molecule has 0 saturated heterocycles. The molecule has 4 heteroatoms. The second-order valence-corrected chi connectivity index (χ2v) is 5.13. The van der Waals surface area contributed by atoms with Gasteiger partial charge in [-0.3, -0.25) is 9.78 Å². The van der Waals surface area contributed by atoms with E-state index in [0.717, 1.165) is 27.8 Å². The number of aromatic nitrogens is 1. The quantitative estimate of drug-likeness (QED) is 0.575. The Labute approximate surface area is 121 Å². The molecule has 1 N–H and O–H groups in total. The van der Waals surface area contributed by atoms with Crippen LogP contribution in [0.1, 0.15) is 10.4 Å². The Hall–Kier alpha value is -2.33. The summed E-state index contributed by atoms with van der Waals surface area (Å²) in [4.78, 5) is 16.2. The number of hydrogen-bond acceptors (Lipinski definition) is 4. The molecule has 0 aliphatic heterocycles. The molecule has 1 aromatic heterocycles. The first-order valence-electron chi connectivity index (χ1n) is 6.19. The van der Waals surface area contributed by atoms with E-state index in [0.29, 0.717) is 5.56 Å². The Morgan fingerprint density at radius 1 is 1.05 bits per heavy atom. The van der Waals surface area contributed by atoms with Crippen LogP contribution in [0.2, 0.25) is 0 Å². The van der Waals surface area contributed by atoms with E-state index in [2.05, 4.69) is 9.71 Å². The zero-order chi connectivity index (χ0) is 13.8. The lowest BCUT2D eigenvalue weighted by Crippen LogP contribution is -1.90. The maximum Gasteiger partial charge on any atom is 0.150 e. The van der Waals surface area contributed by atoms with Gasteiger partial charge in [-0.1, -0.05) is 30.3 Å². The number of carbonyl (C=O) groups excluding carboxylic acids is 1. The van der Waals surface area contributed by atoms with Gasteiger partial charge in [0.1, 0.15) is 6.29 Å². The monoisotopic (exact) mass is 280 g/mol. The number of carbonyl (C=O) groups is 1. The maximum absolute atomic E-state index is 10.8. The van der Waals surface area contributed by atoms with Gasteiger partial charge in [0.05, 0.1) is 10.4 Å². The van der Waals surface area contributed by atoms with Crippen molar-refractivity contribution in [3.8, 4) is 0 Å². The van der Waals surface area contributed by atoms with Gasteiger partial charge in [-0.15, -0.1) is 0 Å². The van der Waals surface area contributed by atoms with E-state index in [1.54, 1.807) is 12.3 Å². The summed E-state index contributed by atoms with van der Waals surface area (Å²) in [5.41, 5.74) is 2.53. The Kier molecular flexibility index (Phi) is 3.65. The summed E-state index contributed by atoms with van der Waals surface area (Å²) < 4.78 is 3.25. The lowest BCUT2D eigenvalue weighted by Gasteiger charge is -2.07. The summed E-state index contributed by atoms with van der Waals surface area (Å²) in [5, 5.41) is 1.11. The second-order valence-electron chi connectivity index (χ2n) is 4.28. The molecular weight excluding hydrogens is 268 g/mol. The van der Waals surface area contributed by atoms with Gasteiger partial charge >= 0.3 is 0 Å². The lowest BCUT2D eigenvalue weighted by molar-refractivity contribution is 0.112. The number of anilines is 1. The Morgan fingerprint density at radius 2 is 1.90 bits per heavy atom. The number of pyridine rings is 1. The van der Waals surface area contributed by atoms with E-state index in [1.807, 2.05) is 48.5 Å². The van der Waals surface area contributed by atoms with Crippen molar-refractivity contribution in [2.24, 2.45) is 0 Å². The average Bonchev–Trinajstić information content (AvgIpc) is 2.53. The number of nitrogens with zero attached hydrogens (tertiary/aromatic N) is 1. The highest BCUT2D eigenvalue weighted by Gasteiger charge is 2.03. The molecule has 0 radical (unpaired) electrons. The molecule has 3 aromatic rings. The summed E-state index contributed by atoms with van der Waals surface area (Å²) in [6, 6.07) is 17.4. The first-order chi connectivity index (χ1) is 9.86. The second kappa shape index (κ2) is 5.75. The minimum atomic E-state index is 0.659. The van der Waals surface area contributed by atoms with Crippen molar-refractivity contribution in [2.45, 2.75) is 4.90 Å². The molecule has 0 aliphatic rings. The highest BCUT2D eigenvalue weighted by atomic mass is 32.2. The summed E-state index contributed by atoms with van der Waals surface area (Å²) in [6.45, 7) is 0. The fraction of sp³-hybridized carbons (Fsp3) is 0. The van der Waals surface area contributed by atoms with Gasteiger partial charge in [-0.05, 0) is 36.2 Å². The molecule has 98 valence electrons. The van der Waals surface area contributed by atoms with Crippen LogP contribution in [0.15, 0.2) is 65.7 Å². The van der Waals surface area contributed by atoms with Crippen LogP contribution in [0.4, 0.5) is 5.69 Å². The number of para-hydroxylation sites is 1. The van der Waals surface area contributed by atoms with Crippen molar-refractivity contribution >= 4 is 34.8 Å². The van der Waals surface area contributed by atoms with Crippen molar-refractivity contribution < 1.29 is 4.79 Å². The van der Waals surface area contributed by atoms with Gasteiger partial charge in [0, 0.05) is 22.8 Å². The van der Waals surface area contributed by atoms with Gasteiger partial charge in [0.25, 0.3) is 0 Å². The maximum atomic E-state index is 10.8. The highest BCUT2D eigenvalue weighted by Crippen LogP contribution is 2.27. The molecule has 1 heterocycles. The molecule has 0 saturated carbocycles. The molecule has 2 aromatic carbocycles. The molecule has 20 heavy (non-hydrogen) atoms. The minimum absolute atomic E-state index is 0.659. The zero-order valence-corrected chi connectivity index (χ0v) is 11.4. The van der Waals surface area contributed by atoms with Crippen molar-refractivity contribution in [1.29, 1.82) is 0 Å². The van der Waals surface area contributed by atoms with E-state index in [9.17, 15) is 4.79 Å². The van der Waals surface area contributed by atoms with Crippen LogP contribution in [0, 0.1) is 0 Å². The number of fused-ring (bicyclic) bond motifs is 1. The van der Waals surface area contributed by atoms with Gasteiger partial charge in [0.2, 0.25) is 0 Å². The van der Waals surface area contributed by atoms with Crippen molar-refractivity contribution in [2.75, 3.05) is 4.72 Å². The summed E-state index contributed by atoms with van der Waals surface area (Å²) in [5.74, 6) is 0. The smallest absolute Gasteiger partial charge is 0.150 e. The fourth-order valence-electron chi connectivity index (χ4n) is 1.95. The number of nitrogens with one attached hydrogen (secondary N) is 1. The number of hydrogen-bond donors (Lipinski definition) is 1. The molecule has 0 unspecified atom stereocenters. The largest absolute Gasteiger partial charge is 0.326 e. The van der Waals surface area contributed by atoms with E-state index in [4.69, 9.17) is 0 Å². The third kappa shape index (κ3) is 2.65. The summed E-state index contributed by atoms with van der Waals surface area (Å²) in [7, 11) is 0. The van der Waals surface area contributed by atoms with Crippen LogP contribution < -0.4 is 4.72 Å². The number of benzene rings is 2. The lowest BCUT2D eigenvalue weighted by atomic mass is 10.2. The molecule has 0 bridgehead atoms. The normalized spacial score (nSPS) is 10.4. The molecule has 0 atom stereocenters. The average molecular weight is 280 g/mol. The van der Waals surface area contributed by atoms with E-state index >= 15 is 0 Å². The van der Waals surface area contributed by atoms with Crippen LogP contribution in [0.25, 0.3) is 10.9 Å². The van der Waals surface area contributed by atoms with Crippen molar-refractivity contribution in [3.05, 3.63) is 66.4 Å². The third-order valence-corrected chi connectivity index (χ3v) is 3.78. The fourth-order valence-corrected chi connectivity index (χ4v) is 2.72. The highest BCUT2D eigenvalue weighted by molar-refractivity contribution is 8.00. The van der Waals surface area contributed by atoms with Crippen molar-refractivity contribution in [1.82, 2.24) is 4.98 Å². The molecule has 0 fully saturated rings. The molecule has 0 amide bonds. The summed E-state index contributed by atoms with van der Waals surface area (Å²) >= 11 is 1.49. The number of aldehydes is 1. The van der Waals surface area contributed by atoms with Crippen LogP contribution >= 0.6 is 11.9 Å². The van der Waals surface area contributed by atoms with Gasteiger partial charge in [-0.25, -0.2) is 0 Å². The molecule has 3 nitrogen and oxygen atoms in total. The predicted molar refractivity (Wildman–Crippen MR) is 83.1 cm³/mol. The standard InChI is InChI=1S/C16H12N2OS/c19-11-12-4-1-7-14(10-12)18-20-15-8-2-5-13-6-3-9-17-16(13)15/h1-11,18H. The molecule has 0 spiro atoms. The predicted octanol–water partition coefficient (Wildman–Crippen LogP) is 4.17. The van der Waals surface area contributed by atoms with Crippen LogP contribution in [-0.4, -0.2) is 11.3 Å². The summed E-state index contributed by atoms with van der Waals surface area (Å²) in [6.07, 6.45) is 2.63. The zero-order valence-electron chi connectivity index (χ0n) is 10.6. The van der Waals surface area contributed by atoms with Gasteiger partial charge in [-0.2, -0.15) is 0 Å². The Balaban J connectivity index is 1.84. The van der Waals surface area contributed by atoms with Crippen LogP contribution in [-0.2, 0) is 0 Å². The van der Waals surface area contributed by atoms with Gasteiger partial charge < -0.3 is 4.72 Å². The van der Waals surface area contributed by atoms with Crippen LogP contribution in [0.5, 0.6) is 0 Å². The molecular formula is C16H12N2OS. The Bertz CT molecular complexity index is 753. The van der Waals surface area contributed by atoms with E-state index in [1.165, 1.54) is 11.9 Å². The van der Waals surface area contributed by atoms with E-state index in [-0.39, 0.29) is 0 Å². The molecule has 3 rings (SSSR count).